The molecule has 4 nitrogen and oxygen atoms in total. The number of rotatable bonds is 5. The molecule has 3 rings (SSSR count). The smallest absolute Gasteiger partial charge is 0.103 e. The minimum Gasteiger partial charge on any atom is -0.330 e. The van der Waals surface area contributed by atoms with Gasteiger partial charge in [0, 0.05) is 34.9 Å². The van der Waals surface area contributed by atoms with E-state index < -0.39 is 0 Å². The number of halogens is 2. The molecule has 0 spiro atoms. The first kappa shape index (κ1) is 15.3. The number of hydrogen-bond acceptors (Lipinski definition) is 3. The summed E-state index contributed by atoms with van der Waals surface area (Å²) in [6.07, 6.45) is 5.56. The Morgan fingerprint density at radius 2 is 2.00 bits per heavy atom. The van der Waals surface area contributed by atoms with Gasteiger partial charge >= 0.3 is 0 Å². The van der Waals surface area contributed by atoms with Crippen LogP contribution in [0.5, 0.6) is 0 Å². The first-order valence-electron chi connectivity index (χ1n) is 7.16. The van der Waals surface area contributed by atoms with Gasteiger partial charge in [0.15, 0.2) is 0 Å². The van der Waals surface area contributed by atoms with Crippen LogP contribution in [0.3, 0.4) is 0 Å². The maximum absolute atomic E-state index is 6.33. The standard InChI is InChI=1S/C16H16Cl2N4/c17-11-3-4-12(14(18)9-11)16-13-10-20-7-5-15(13)22(21-16)8-2-1-6-19/h3-5,7,9-10H,1-2,6,8,19H2. The molecule has 2 N–H and O–H groups in total. The number of nitrogens with zero attached hydrogens (tertiary/aromatic N) is 3. The molecule has 3 aromatic rings. The van der Waals surface area contributed by atoms with Gasteiger partial charge in [-0.2, -0.15) is 5.10 Å². The van der Waals surface area contributed by atoms with Crippen LogP contribution in [0, 0.1) is 0 Å². The van der Waals surface area contributed by atoms with E-state index in [0.29, 0.717) is 16.6 Å². The third-order valence-electron chi connectivity index (χ3n) is 3.56. The van der Waals surface area contributed by atoms with Gasteiger partial charge in [-0.1, -0.05) is 23.2 Å². The van der Waals surface area contributed by atoms with Crippen molar-refractivity contribution in [2.75, 3.05) is 6.54 Å². The first-order valence-corrected chi connectivity index (χ1v) is 7.92. The minimum absolute atomic E-state index is 0.588. The molecule has 0 saturated heterocycles. The Morgan fingerprint density at radius 3 is 2.77 bits per heavy atom. The van der Waals surface area contributed by atoms with E-state index >= 15 is 0 Å². The van der Waals surface area contributed by atoms with Crippen molar-refractivity contribution in [1.29, 1.82) is 0 Å². The van der Waals surface area contributed by atoms with Crippen molar-refractivity contribution in [2.24, 2.45) is 5.73 Å². The first-order chi connectivity index (χ1) is 10.7. The van der Waals surface area contributed by atoms with Gasteiger partial charge in [-0.25, -0.2) is 0 Å². The van der Waals surface area contributed by atoms with E-state index in [9.17, 15) is 0 Å². The van der Waals surface area contributed by atoms with Crippen LogP contribution in [0.25, 0.3) is 22.2 Å². The van der Waals surface area contributed by atoms with Crippen molar-refractivity contribution >= 4 is 34.1 Å². The molecule has 0 bridgehead atoms. The van der Waals surface area contributed by atoms with Crippen LogP contribution in [0.1, 0.15) is 12.8 Å². The minimum atomic E-state index is 0.588. The number of aromatic nitrogens is 3. The largest absolute Gasteiger partial charge is 0.330 e. The highest BCUT2D eigenvalue weighted by Crippen LogP contribution is 2.34. The number of aryl methyl sites for hydroxylation is 1. The summed E-state index contributed by atoms with van der Waals surface area (Å²) in [5.74, 6) is 0. The second kappa shape index (κ2) is 6.65. The molecule has 0 atom stereocenters. The van der Waals surface area contributed by atoms with Gasteiger partial charge in [0.25, 0.3) is 0 Å². The van der Waals surface area contributed by atoms with E-state index in [1.165, 1.54) is 0 Å². The molecule has 114 valence electrons. The second-order valence-corrected chi connectivity index (χ2v) is 5.93. The third kappa shape index (κ3) is 2.95. The van der Waals surface area contributed by atoms with E-state index in [1.54, 1.807) is 12.3 Å². The third-order valence-corrected chi connectivity index (χ3v) is 4.11. The molecule has 1 aromatic carbocycles. The number of nitrogens with two attached hydrogens (primary N) is 1. The Balaban J connectivity index is 2.09. The summed E-state index contributed by atoms with van der Waals surface area (Å²) in [5, 5.41) is 6.91. The maximum Gasteiger partial charge on any atom is 0.103 e. The molecule has 0 aliphatic heterocycles. The summed E-state index contributed by atoms with van der Waals surface area (Å²) in [5.41, 5.74) is 8.31. The molecule has 0 radical (unpaired) electrons. The molecule has 6 heteroatoms. The lowest BCUT2D eigenvalue weighted by Gasteiger charge is -2.03. The fourth-order valence-electron chi connectivity index (χ4n) is 2.48. The highest BCUT2D eigenvalue weighted by molar-refractivity contribution is 6.36. The monoisotopic (exact) mass is 334 g/mol. The maximum atomic E-state index is 6.33. The van der Waals surface area contributed by atoms with E-state index in [-0.39, 0.29) is 0 Å². The lowest BCUT2D eigenvalue weighted by Crippen LogP contribution is -2.04. The molecule has 2 aromatic heterocycles. The van der Waals surface area contributed by atoms with E-state index in [1.807, 2.05) is 29.1 Å². The van der Waals surface area contributed by atoms with Crippen LogP contribution in [0.2, 0.25) is 10.0 Å². The Kier molecular flexibility index (Phi) is 4.62. The van der Waals surface area contributed by atoms with Crippen LogP contribution in [-0.4, -0.2) is 21.3 Å². The number of pyridine rings is 1. The summed E-state index contributed by atoms with van der Waals surface area (Å²) >= 11 is 12.3. The van der Waals surface area contributed by atoms with E-state index in [0.717, 1.165) is 41.5 Å². The zero-order chi connectivity index (χ0) is 15.5. The molecule has 0 unspecified atom stereocenters. The van der Waals surface area contributed by atoms with Gasteiger partial charge < -0.3 is 5.73 Å². The van der Waals surface area contributed by atoms with Crippen molar-refractivity contribution in [3.63, 3.8) is 0 Å². The zero-order valence-electron chi connectivity index (χ0n) is 12.0. The molecule has 0 amide bonds. The predicted molar refractivity (Wildman–Crippen MR) is 91.3 cm³/mol. The lowest BCUT2D eigenvalue weighted by molar-refractivity contribution is 0.578. The van der Waals surface area contributed by atoms with Crippen LogP contribution < -0.4 is 5.73 Å². The van der Waals surface area contributed by atoms with Gasteiger partial charge in [0.2, 0.25) is 0 Å². The fourth-order valence-corrected chi connectivity index (χ4v) is 2.98. The zero-order valence-corrected chi connectivity index (χ0v) is 13.5. The fraction of sp³-hybridized carbons (Fsp3) is 0.250. The summed E-state index contributed by atoms with van der Waals surface area (Å²) in [6, 6.07) is 7.41. The average Bonchev–Trinajstić information content (AvgIpc) is 2.87. The highest BCUT2D eigenvalue weighted by atomic mass is 35.5. The van der Waals surface area contributed by atoms with E-state index in [2.05, 4.69) is 4.98 Å². The number of fused-ring (bicyclic) bond motifs is 1. The van der Waals surface area contributed by atoms with Crippen molar-refractivity contribution in [3.05, 3.63) is 46.7 Å². The van der Waals surface area contributed by atoms with Gasteiger partial charge in [0.1, 0.15) is 5.69 Å². The molecule has 22 heavy (non-hydrogen) atoms. The normalized spacial score (nSPS) is 11.2. The number of hydrogen-bond donors (Lipinski definition) is 1. The quantitative estimate of drug-likeness (QED) is 0.713. The number of unbranched alkanes of at least 4 members (excludes halogenated alkanes) is 1. The molecular weight excluding hydrogens is 319 g/mol. The van der Waals surface area contributed by atoms with Crippen LogP contribution >= 0.6 is 23.2 Å². The van der Waals surface area contributed by atoms with E-state index in [4.69, 9.17) is 34.0 Å². The molecular formula is C16H16Cl2N4. The molecule has 0 aliphatic carbocycles. The van der Waals surface area contributed by atoms with Gasteiger partial charge in [0.05, 0.1) is 10.5 Å². The molecule has 0 aliphatic rings. The van der Waals surface area contributed by atoms with Gasteiger partial charge in [-0.05, 0) is 43.7 Å². The van der Waals surface area contributed by atoms with Crippen molar-refractivity contribution in [2.45, 2.75) is 19.4 Å². The van der Waals surface area contributed by atoms with Crippen LogP contribution in [0.15, 0.2) is 36.7 Å². The lowest BCUT2D eigenvalue weighted by atomic mass is 10.1. The summed E-state index contributed by atoms with van der Waals surface area (Å²) in [4.78, 5) is 4.21. The van der Waals surface area contributed by atoms with Crippen LogP contribution in [-0.2, 0) is 6.54 Å². The summed E-state index contributed by atoms with van der Waals surface area (Å²) in [7, 11) is 0. The van der Waals surface area contributed by atoms with Crippen LogP contribution in [0.4, 0.5) is 0 Å². The molecule has 0 saturated carbocycles. The average molecular weight is 335 g/mol. The topological polar surface area (TPSA) is 56.7 Å². The summed E-state index contributed by atoms with van der Waals surface area (Å²) in [6.45, 7) is 1.51. The predicted octanol–water partition coefficient (Wildman–Crippen LogP) is 4.14. The number of benzene rings is 1. The SMILES string of the molecule is NCCCCn1nc(-c2ccc(Cl)cc2Cl)c2cnccc21. The molecule has 0 fully saturated rings. The highest BCUT2D eigenvalue weighted by Gasteiger charge is 2.14. The van der Waals surface area contributed by atoms with Gasteiger partial charge in [-0.3, -0.25) is 9.67 Å². The van der Waals surface area contributed by atoms with Gasteiger partial charge in [-0.15, -0.1) is 0 Å². The Labute approximate surface area is 138 Å². The summed E-state index contributed by atoms with van der Waals surface area (Å²) < 4.78 is 1.99. The van der Waals surface area contributed by atoms with Crippen molar-refractivity contribution in [3.8, 4) is 11.3 Å². The Hall–Kier alpha value is -1.62. The second-order valence-electron chi connectivity index (χ2n) is 5.08. The Bertz CT molecular complexity index is 798. The molecule has 2 heterocycles. The van der Waals surface area contributed by atoms with Crippen molar-refractivity contribution < 1.29 is 0 Å². The van der Waals surface area contributed by atoms with Crippen molar-refractivity contribution in [1.82, 2.24) is 14.8 Å². The Morgan fingerprint density at radius 1 is 1.14 bits per heavy atom.